The number of nitro groups is 1. The maximum atomic E-state index is 11.6. The lowest BCUT2D eigenvalue weighted by Crippen LogP contribution is -2.38. The monoisotopic (exact) mass is 311 g/mol. The van der Waals surface area contributed by atoms with Crippen LogP contribution in [0.15, 0.2) is 30.3 Å². The molecule has 0 bridgehead atoms. The zero-order chi connectivity index (χ0) is 17.5. The van der Waals surface area contributed by atoms with Crippen molar-refractivity contribution in [1.82, 2.24) is 0 Å². The Bertz CT molecular complexity index is 681. The zero-order valence-electron chi connectivity index (χ0n) is 13.9. The molecule has 1 aromatic carbocycles. The number of rotatable bonds is 5. The number of nitriles is 2. The normalized spacial score (nSPS) is 22.4. The second-order valence-corrected chi connectivity index (χ2v) is 7.42. The summed E-state index contributed by atoms with van der Waals surface area (Å²) in [4.78, 5) is 11.3. The van der Waals surface area contributed by atoms with Gasteiger partial charge in [0.05, 0.1) is 18.1 Å². The molecule has 2 unspecified atom stereocenters. The standard InChI is InChI=1S/C18H21N3O2/c1-16(2)15(18(16,11-19)12-20)10-14(17(3,4)21(22)23)13-8-6-5-7-9-13/h5-9,14-15H,10H2,1-4H3. The molecular formula is C18H21N3O2. The zero-order valence-corrected chi connectivity index (χ0v) is 13.9. The van der Waals surface area contributed by atoms with Gasteiger partial charge >= 0.3 is 0 Å². The summed E-state index contributed by atoms with van der Waals surface area (Å²) in [7, 11) is 0. The van der Waals surface area contributed by atoms with E-state index in [-0.39, 0.29) is 16.8 Å². The van der Waals surface area contributed by atoms with E-state index in [1.165, 1.54) is 0 Å². The Morgan fingerprint density at radius 1 is 1.26 bits per heavy atom. The van der Waals surface area contributed by atoms with Crippen LogP contribution in [0.2, 0.25) is 0 Å². The van der Waals surface area contributed by atoms with Gasteiger partial charge in [-0.2, -0.15) is 10.5 Å². The topological polar surface area (TPSA) is 90.7 Å². The summed E-state index contributed by atoms with van der Waals surface area (Å²) in [5, 5.41) is 30.5. The fraction of sp³-hybridized carbons (Fsp3) is 0.556. The van der Waals surface area contributed by atoms with E-state index < -0.39 is 16.4 Å². The van der Waals surface area contributed by atoms with E-state index in [0.717, 1.165) is 5.56 Å². The molecular weight excluding hydrogens is 290 g/mol. The molecule has 0 heterocycles. The Labute approximate surface area is 136 Å². The van der Waals surface area contributed by atoms with Gasteiger partial charge in [-0.3, -0.25) is 10.1 Å². The van der Waals surface area contributed by atoms with Crippen molar-refractivity contribution in [2.45, 2.75) is 45.6 Å². The molecule has 2 atom stereocenters. The Kier molecular flexibility index (Phi) is 3.95. The predicted molar refractivity (Wildman–Crippen MR) is 85.8 cm³/mol. The largest absolute Gasteiger partial charge is 0.264 e. The predicted octanol–water partition coefficient (Wildman–Crippen LogP) is 3.91. The summed E-state index contributed by atoms with van der Waals surface area (Å²) >= 11 is 0. The molecule has 0 aromatic heterocycles. The first-order valence-corrected chi connectivity index (χ1v) is 7.67. The minimum Gasteiger partial charge on any atom is -0.264 e. The molecule has 1 saturated carbocycles. The van der Waals surface area contributed by atoms with Crippen LogP contribution in [0.5, 0.6) is 0 Å². The van der Waals surface area contributed by atoms with Crippen LogP contribution in [0, 0.1) is 49.5 Å². The van der Waals surface area contributed by atoms with Gasteiger partial charge in [0.1, 0.15) is 0 Å². The van der Waals surface area contributed by atoms with E-state index in [1.807, 2.05) is 44.2 Å². The van der Waals surface area contributed by atoms with Gasteiger partial charge in [0.2, 0.25) is 5.54 Å². The molecule has 120 valence electrons. The van der Waals surface area contributed by atoms with Crippen molar-refractivity contribution in [2.24, 2.45) is 16.7 Å². The Morgan fingerprint density at radius 2 is 1.78 bits per heavy atom. The lowest BCUT2D eigenvalue weighted by molar-refractivity contribution is -0.565. The fourth-order valence-corrected chi connectivity index (χ4v) is 3.69. The molecule has 0 saturated heterocycles. The van der Waals surface area contributed by atoms with Gasteiger partial charge in [-0.25, -0.2) is 0 Å². The van der Waals surface area contributed by atoms with Gasteiger partial charge in [-0.15, -0.1) is 0 Å². The van der Waals surface area contributed by atoms with E-state index in [2.05, 4.69) is 12.1 Å². The van der Waals surface area contributed by atoms with Crippen molar-refractivity contribution in [3.8, 4) is 12.1 Å². The first kappa shape index (κ1) is 17.0. The average Bonchev–Trinajstić information content (AvgIpc) is 2.99. The second kappa shape index (κ2) is 5.35. The van der Waals surface area contributed by atoms with Crippen molar-refractivity contribution in [3.05, 3.63) is 46.0 Å². The third-order valence-corrected chi connectivity index (χ3v) is 5.68. The Hall–Kier alpha value is -2.40. The van der Waals surface area contributed by atoms with Crippen molar-refractivity contribution in [1.29, 1.82) is 10.5 Å². The summed E-state index contributed by atoms with van der Waals surface area (Å²) in [5.74, 6) is -0.527. The summed E-state index contributed by atoms with van der Waals surface area (Å²) in [5.41, 5.74) is -1.79. The lowest BCUT2D eigenvalue weighted by atomic mass is 9.77. The van der Waals surface area contributed by atoms with Crippen LogP contribution in [0.1, 0.15) is 45.6 Å². The van der Waals surface area contributed by atoms with Gasteiger partial charge < -0.3 is 0 Å². The summed E-state index contributed by atoms with van der Waals surface area (Å²) in [6, 6.07) is 13.6. The molecule has 1 aliphatic rings. The van der Waals surface area contributed by atoms with Crippen LogP contribution in [0.25, 0.3) is 0 Å². The van der Waals surface area contributed by atoms with E-state index >= 15 is 0 Å². The Balaban J connectivity index is 2.41. The molecule has 0 spiro atoms. The molecule has 5 nitrogen and oxygen atoms in total. The molecule has 0 amide bonds. The molecule has 5 heteroatoms. The smallest absolute Gasteiger partial charge is 0.223 e. The van der Waals surface area contributed by atoms with E-state index in [9.17, 15) is 20.6 Å². The molecule has 0 aliphatic heterocycles. The number of benzene rings is 1. The van der Waals surface area contributed by atoms with Crippen molar-refractivity contribution in [3.63, 3.8) is 0 Å². The van der Waals surface area contributed by atoms with Gasteiger partial charge in [-0.1, -0.05) is 44.2 Å². The van der Waals surface area contributed by atoms with Crippen LogP contribution in [0.3, 0.4) is 0 Å². The van der Waals surface area contributed by atoms with E-state index in [4.69, 9.17) is 0 Å². The average molecular weight is 311 g/mol. The van der Waals surface area contributed by atoms with Gasteiger partial charge in [-0.05, 0) is 17.9 Å². The quantitative estimate of drug-likeness (QED) is 0.609. The van der Waals surface area contributed by atoms with Crippen LogP contribution < -0.4 is 0 Å². The molecule has 23 heavy (non-hydrogen) atoms. The number of hydrogen-bond donors (Lipinski definition) is 0. The third-order valence-electron chi connectivity index (χ3n) is 5.68. The van der Waals surface area contributed by atoms with Crippen molar-refractivity contribution >= 4 is 0 Å². The second-order valence-electron chi connectivity index (χ2n) is 7.42. The number of hydrogen-bond acceptors (Lipinski definition) is 4. The first-order chi connectivity index (χ1) is 10.6. The third kappa shape index (κ3) is 2.37. The summed E-state index contributed by atoms with van der Waals surface area (Å²) in [6.45, 7) is 7.01. The SMILES string of the molecule is CC(C)(C(CC1C(C)(C)C1(C#N)C#N)c1ccccc1)[N+](=O)[O-]. The maximum Gasteiger partial charge on any atom is 0.223 e. The van der Waals surface area contributed by atoms with Crippen LogP contribution in [-0.4, -0.2) is 10.5 Å². The highest BCUT2D eigenvalue weighted by Crippen LogP contribution is 2.71. The van der Waals surface area contributed by atoms with Crippen molar-refractivity contribution < 1.29 is 4.92 Å². The highest BCUT2D eigenvalue weighted by atomic mass is 16.6. The highest BCUT2D eigenvalue weighted by Gasteiger charge is 2.73. The molecule has 1 aliphatic carbocycles. The van der Waals surface area contributed by atoms with Crippen LogP contribution in [-0.2, 0) is 0 Å². The molecule has 0 N–H and O–H groups in total. The molecule has 1 fully saturated rings. The Morgan fingerprint density at radius 3 is 2.17 bits per heavy atom. The first-order valence-electron chi connectivity index (χ1n) is 7.67. The van der Waals surface area contributed by atoms with E-state index in [1.54, 1.807) is 13.8 Å². The summed E-state index contributed by atoms with van der Waals surface area (Å²) < 4.78 is 0. The number of nitrogens with zero attached hydrogens (tertiary/aromatic N) is 3. The minimum atomic E-state index is -1.17. The lowest BCUT2D eigenvalue weighted by Gasteiger charge is -2.27. The molecule has 2 rings (SSSR count). The van der Waals surface area contributed by atoms with Gasteiger partial charge in [0.15, 0.2) is 5.41 Å². The fourth-order valence-electron chi connectivity index (χ4n) is 3.69. The van der Waals surface area contributed by atoms with Gasteiger partial charge in [0, 0.05) is 24.2 Å². The minimum absolute atomic E-state index is 0.172. The molecule has 1 aromatic rings. The summed E-state index contributed by atoms with van der Waals surface area (Å²) in [6.07, 6.45) is 0.451. The van der Waals surface area contributed by atoms with E-state index in [0.29, 0.717) is 6.42 Å². The van der Waals surface area contributed by atoms with Crippen LogP contribution >= 0.6 is 0 Å². The van der Waals surface area contributed by atoms with Gasteiger partial charge in [0.25, 0.3) is 0 Å². The maximum absolute atomic E-state index is 11.6. The molecule has 0 radical (unpaired) electrons. The highest BCUT2D eigenvalue weighted by molar-refractivity contribution is 5.38. The van der Waals surface area contributed by atoms with Crippen LogP contribution in [0.4, 0.5) is 0 Å². The van der Waals surface area contributed by atoms with Crippen molar-refractivity contribution in [2.75, 3.05) is 0 Å².